The second-order valence-electron chi connectivity index (χ2n) is 7.51. The second-order valence-corrected chi connectivity index (χ2v) is 7.51. The fraction of sp³-hybridized carbons (Fsp3) is 0.524. The van der Waals surface area contributed by atoms with Gasteiger partial charge in [-0.2, -0.15) is 0 Å². The number of hydrogen-bond acceptors (Lipinski definition) is 5. The summed E-state index contributed by atoms with van der Waals surface area (Å²) in [5.74, 6) is 1.20. The minimum Gasteiger partial charge on any atom is -0.395 e. The van der Waals surface area contributed by atoms with Crippen molar-refractivity contribution in [2.75, 3.05) is 39.5 Å². The van der Waals surface area contributed by atoms with Crippen LogP contribution in [0.3, 0.4) is 0 Å². The highest BCUT2D eigenvalue weighted by molar-refractivity contribution is 5.94. The molecular weight excluding hydrogens is 356 g/mol. The quantitative estimate of drug-likeness (QED) is 0.789. The molecule has 1 aromatic heterocycles. The zero-order chi connectivity index (χ0) is 19.3. The number of ether oxygens (including phenoxy) is 1. The van der Waals surface area contributed by atoms with E-state index >= 15 is 0 Å². The number of aromatic nitrogens is 2. The molecule has 28 heavy (non-hydrogen) atoms. The highest BCUT2D eigenvalue weighted by atomic mass is 16.5. The predicted octanol–water partition coefficient (Wildman–Crippen LogP) is 1.51. The lowest BCUT2D eigenvalue weighted by Crippen LogP contribution is -2.37. The Bertz CT molecular complexity index is 799. The van der Waals surface area contributed by atoms with Crippen molar-refractivity contribution in [1.82, 2.24) is 19.8 Å². The Morgan fingerprint density at radius 3 is 2.75 bits per heavy atom. The average molecular weight is 384 g/mol. The molecule has 1 amide bonds. The van der Waals surface area contributed by atoms with Gasteiger partial charge in [0.15, 0.2) is 5.69 Å². The predicted molar refractivity (Wildman–Crippen MR) is 106 cm³/mol. The number of imidazole rings is 1. The van der Waals surface area contributed by atoms with E-state index in [1.807, 2.05) is 30.3 Å². The molecular formula is C21H28N4O3. The molecule has 0 spiro atoms. The Labute approximate surface area is 165 Å². The van der Waals surface area contributed by atoms with E-state index in [9.17, 15) is 9.90 Å². The minimum absolute atomic E-state index is 0.108. The number of hydrogen-bond donors (Lipinski definition) is 2. The Hall–Kier alpha value is -2.22. The smallest absolute Gasteiger partial charge is 0.271 e. The number of nitrogens with zero attached hydrogens (tertiary/aromatic N) is 3. The molecule has 0 bridgehead atoms. The molecule has 0 saturated carbocycles. The Morgan fingerprint density at radius 2 is 2.00 bits per heavy atom. The molecule has 7 nitrogen and oxygen atoms in total. The zero-order valence-corrected chi connectivity index (χ0v) is 16.1. The Kier molecular flexibility index (Phi) is 6.04. The maximum atomic E-state index is 13.0. The summed E-state index contributed by atoms with van der Waals surface area (Å²) in [4.78, 5) is 19.9. The van der Waals surface area contributed by atoms with Gasteiger partial charge in [0, 0.05) is 51.5 Å². The van der Waals surface area contributed by atoms with Gasteiger partial charge in [-0.3, -0.25) is 9.69 Å². The van der Waals surface area contributed by atoms with Crippen LogP contribution in [-0.2, 0) is 17.8 Å². The lowest BCUT2D eigenvalue weighted by Gasteiger charge is -2.28. The topological polar surface area (TPSA) is 79.6 Å². The summed E-state index contributed by atoms with van der Waals surface area (Å²) in [5.41, 5.74) is 2.46. The van der Waals surface area contributed by atoms with Crippen molar-refractivity contribution < 1.29 is 14.6 Å². The summed E-state index contributed by atoms with van der Waals surface area (Å²) >= 11 is 0. The first-order valence-corrected chi connectivity index (χ1v) is 10.1. The van der Waals surface area contributed by atoms with Gasteiger partial charge in [0.2, 0.25) is 0 Å². The third kappa shape index (κ3) is 4.11. The summed E-state index contributed by atoms with van der Waals surface area (Å²) in [6.45, 7) is 5.16. The average Bonchev–Trinajstić information content (AvgIpc) is 3.13. The van der Waals surface area contributed by atoms with Crippen molar-refractivity contribution in [3.8, 4) is 11.4 Å². The van der Waals surface area contributed by atoms with Crippen LogP contribution >= 0.6 is 0 Å². The van der Waals surface area contributed by atoms with Crippen LogP contribution in [0.15, 0.2) is 30.3 Å². The van der Waals surface area contributed by atoms with E-state index in [2.05, 4.69) is 14.8 Å². The number of benzene rings is 1. The first-order chi connectivity index (χ1) is 13.8. The van der Waals surface area contributed by atoms with E-state index in [0.717, 1.165) is 56.2 Å². The maximum absolute atomic E-state index is 13.0. The summed E-state index contributed by atoms with van der Waals surface area (Å²) in [5, 5.41) is 12.4. The molecule has 2 aliphatic heterocycles. The zero-order valence-electron chi connectivity index (χ0n) is 16.1. The number of fused-ring (bicyclic) bond motifs is 1. The normalized spacial score (nSPS) is 18.0. The van der Waals surface area contributed by atoms with Crippen LogP contribution in [0.4, 0.5) is 0 Å². The number of carbonyl (C=O) groups excluding carboxylic acids is 1. The molecule has 1 aromatic carbocycles. The second kappa shape index (κ2) is 8.86. The standard InChI is InChI=1S/C21H28N4O3/c26-11-10-24-8-9-25-18(15-24)19(23-20(25)17-4-2-1-3-5-17)21(27)22-14-16-6-12-28-13-7-16/h1-5,16,26H,6-15H2,(H,22,27). The Balaban J connectivity index is 1.58. The lowest BCUT2D eigenvalue weighted by molar-refractivity contribution is 0.0641. The number of carbonyl (C=O) groups is 1. The van der Waals surface area contributed by atoms with Crippen LogP contribution in [0.25, 0.3) is 11.4 Å². The number of aliphatic hydroxyl groups excluding tert-OH is 1. The maximum Gasteiger partial charge on any atom is 0.271 e. The minimum atomic E-state index is -0.108. The number of β-amino-alcohol motifs (C(OH)–C–C–N with tert-alkyl or cyclic N) is 1. The van der Waals surface area contributed by atoms with Crippen molar-refractivity contribution in [3.63, 3.8) is 0 Å². The first kappa shape index (κ1) is 19.1. The van der Waals surface area contributed by atoms with Crippen molar-refractivity contribution in [3.05, 3.63) is 41.7 Å². The molecule has 2 aliphatic rings. The van der Waals surface area contributed by atoms with Crippen LogP contribution in [0, 0.1) is 5.92 Å². The third-order valence-corrected chi connectivity index (χ3v) is 5.64. The molecule has 0 aliphatic carbocycles. The summed E-state index contributed by atoms with van der Waals surface area (Å²) in [7, 11) is 0. The van der Waals surface area contributed by atoms with Gasteiger partial charge in [-0.15, -0.1) is 0 Å². The van der Waals surface area contributed by atoms with Crippen LogP contribution in [0.2, 0.25) is 0 Å². The molecule has 150 valence electrons. The molecule has 2 aromatic rings. The molecule has 2 N–H and O–H groups in total. The van der Waals surface area contributed by atoms with Gasteiger partial charge in [0.1, 0.15) is 5.82 Å². The molecule has 1 fully saturated rings. The van der Waals surface area contributed by atoms with E-state index in [4.69, 9.17) is 9.72 Å². The van der Waals surface area contributed by atoms with Gasteiger partial charge in [0.05, 0.1) is 12.3 Å². The van der Waals surface area contributed by atoms with Crippen molar-refractivity contribution in [2.24, 2.45) is 5.92 Å². The van der Waals surface area contributed by atoms with E-state index in [0.29, 0.717) is 31.2 Å². The highest BCUT2D eigenvalue weighted by Gasteiger charge is 2.28. The molecule has 4 rings (SSSR count). The van der Waals surface area contributed by atoms with Gasteiger partial charge in [-0.1, -0.05) is 30.3 Å². The fourth-order valence-electron chi connectivity index (χ4n) is 4.01. The van der Waals surface area contributed by atoms with Gasteiger partial charge in [-0.25, -0.2) is 4.98 Å². The van der Waals surface area contributed by atoms with E-state index < -0.39 is 0 Å². The summed E-state index contributed by atoms with van der Waals surface area (Å²) in [6.07, 6.45) is 1.97. The molecule has 3 heterocycles. The number of aliphatic hydroxyl groups is 1. The highest BCUT2D eigenvalue weighted by Crippen LogP contribution is 2.26. The number of amides is 1. The van der Waals surface area contributed by atoms with Crippen molar-refractivity contribution in [1.29, 1.82) is 0 Å². The monoisotopic (exact) mass is 384 g/mol. The Morgan fingerprint density at radius 1 is 1.21 bits per heavy atom. The van der Waals surface area contributed by atoms with E-state index in [-0.39, 0.29) is 12.5 Å². The van der Waals surface area contributed by atoms with Gasteiger partial charge in [0.25, 0.3) is 5.91 Å². The SMILES string of the molecule is O=C(NCC1CCOCC1)c1nc(-c2ccccc2)n2c1CN(CCO)CC2. The van der Waals surface area contributed by atoms with Gasteiger partial charge < -0.3 is 19.7 Å². The van der Waals surface area contributed by atoms with Crippen molar-refractivity contribution >= 4 is 5.91 Å². The van der Waals surface area contributed by atoms with Crippen molar-refractivity contribution in [2.45, 2.75) is 25.9 Å². The molecule has 1 saturated heterocycles. The first-order valence-electron chi connectivity index (χ1n) is 10.1. The molecule has 0 unspecified atom stereocenters. The van der Waals surface area contributed by atoms with Crippen LogP contribution in [-0.4, -0.2) is 64.9 Å². The lowest BCUT2D eigenvalue weighted by atomic mass is 10.0. The van der Waals surface area contributed by atoms with Gasteiger partial charge in [-0.05, 0) is 18.8 Å². The number of rotatable bonds is 6. The molecule has 0 radical (unpaired) electrons. The van der Waals surface area contributed by atoms with Crippen LogP contribution in [0.1, 0.15) is 29.0 Å². The fourth-order valence-corrected chi connectivity index (χ4v) is 4.01. The molecule has 7 heteroatoms. The van der Waals surface area contributed by atoms with E-state index in [1.54, 1.807) is 0 Å². The summed E-state index contributed by atoms with van der Waals surface area (Å²) < 4.78 is 7.56. The van der Waals surface area contributed by atoms with E-state index in [1.165, 1.54) is 0 Å². The van der Waals surface area contributed by atoms with Crippen LogP contribution < -0.4 is 5.32 Å². The van der Waals surface area contributed by atoms with Crippen LogP contribution in [0.5, 0.6) is 0 Å². The largest absolute Gasteiger partial charge is 0.395 e. The number of nitrogens with one attached hydrogen (secondary N) is 1. The third-order valence-electron chi connectivity index (χ3n) is 5.64. The summed E-state index contributed by atoms with van der Waals surface area (Å²) in [6, 6.07) is 10.0. The molecule has 0 atom stereocenters. The van der Waals surface area contributed by atoms with Gasteiger partial charge >= 0.3 is 0 Å².